The maximum Gasteiger partial charge on any atom is 0.315 e. The molecule has 1 aromatic heterocycles. The summed E-state index contributed by atoms with van der Waals surface area (Å²) in [7, 11) is 0. The maximum absolute atomic E-state index is 12.7. The number of thioether (sulfide) groups is 1. The van der Waals surface area contributed by atoms with Crippen molar-refractivity contribution >= 4 is 34.6 Å². The Morgan fingerprint density at radius 1 is 1.21 bits per heavy atom. The van der Waals surface area contributed by atoms with E-state index in [0.717, 1.165) is 38.0 Å². The molecule has 148 valence electrons. The molecule has 7 heteroatoms. The van der Waals surface area contributed by atoms with E-state index in [0.29, 0.717) is 18.2 Å². The van der Waals surface area contributed by atoms with Crippen LogP contribution in [-0.2, 0) is 17.8 Å². The SMILES string of the molecule is O=C1NC2CSC(CCCCC(=O)N3CCc4c([nH]c5ccccc45)C3)C2N1. The van der Waals surface area contributed by atoms with Crippen LogP contribution in [-0.4, -0.2) is 51.5 Å². The summed E-state index contributed by atoms with van der Waals surface area (Å²) in [5.41, 5.74) is 3.74. The average Bonchev–Trinajstić information content (AvgIpc) is 3.36. The van der Waals surface area contributed by atoms with Crippen molar-refractivity contribution in [2.24, 2.45) is 0 Å². The van der Waals surface area contributed by atoms with Crippen molar-refractivity contribution in [3.63, 3.8) is 0 Å². The van der Waals surface area contributed by atoms with Crippen LogP contribution in [0.1, 0.15) is 36.9 Å². The van der Waals surface area contributed by atoms with E-state index in [-0.39, 0.29) is 24.0 Å². The Morgan fingerprint density at radius 3 is 3.04 bits per heavy atom. The molecule has 0 aliphatic carbocycles. The molecule has 3 aliphatic rings. The number of carbonyl (C=O) groups is 2. The Kier molecular flexibility index (Phi) is 4.70. The van der Waals surface area contributed by atoms with Gasteiger partial charge in [-0.3, -0.25) is 4.79 Å². The third kappa shape index (κ3) is 3.26. The summed E-state index contributed by atoms with van der Waals surface area (Å²) in [6.45, 7) is 1.51. The van der Waals surface area contributed by atoms with E-state index in [2.05, 4.69) is 33.8 Å². The Hall–Kier alpha value is -2.15. The average molecular weight is 399 g/mol. The number of urea groups is 1. The van der Waals surface area contributed by atoms with Crippen LogP contribution < -0.4 is 10.6 Å². The fraction of sp³-hybridized carbons (Fsp3) is 0.524. The highest BCUT2D eigenvalue weighted by Crippen LogP contribution is 2.33. The van der Waals surface area contributed by atoms with Gasteiger partial charge in [0.25, 0.3) is 0 Å². The van der Waals surface area contributed by atoms with Crippen LogP contribution in [0.25, 0.3) is 10.9 Å². The summed E-state index contributed by atoms with van der Waals surface area (Å²) in [6, 6.07) is 8.90. The van der Waals surface area contributed by atoms with Gasteiger partial charge in [-0.05, 0) is 30.9 Å². The van der Waals surface area contributed by atoms with Gasteiger partial charge in [0.1, 0.15) is 0 Å². The second-order valence-corrected chi connectivity index (χ2v) is 9.33. The largest absolute Gasteiger partial charge is 0.357 e. The lowest BCUT2D eigenvalue weighted by atomic mass is 10.0. The van der Waals surface area contributed by atoms with Gasteiger partial charge in [0.15, 0.2) is 0 Å². The van der Waals surface area contributed by atoms with Gasteiger partial charge in [-0.1, -0.05) is 24.6 Å². The molecule has 2 aromatic rings. The molecule has 0 spiro atoms. The Morgan fingerprint density at radius 2 is 2.11 bits per heavy atom. The topological polar surface area (TPSA) is 77.2 Å². The fourth-order valence-corrected chi connectivity index (χ4v) is 6.37. The highest BCUT2D eigenvalue weighted by molar-refractivity contribution is 8.00. The summed E-state index contributed by atoms with van der Waals surface area (Å²) in [5.74, 6) is 1.25. The number of fused-ring (bicyclic) bond motifs is 4. The number of amides is 3. The van der Waals surface area contributed by atoms with Crippen molar-refractivity contribution in [3.05, 3.63) is 35.5 Å². The minimum absolute atomic E-state index is 0.0306. The van der Waals surface area contributed by atoms with Crippen molar-refractivity contribution in [2.75, 3.05) is 12.3 Å². The number of para-hydroxylation sites is 1. The first-order valence-electron chi connectivity index (χ1n) is 10.2. The maximum atomic E-state index is 12.7. The molecule has 0 saturated carbocycles. The molecule has 2 fully saturated rings. The molecule has 1 aromatic carbocycles. The van der Waals surface area contributed by atoms with Crippen molar-refractivity contribution < 1.29 is 9.59 Å². The third-order valence-electron chi connectivity index (χ3n) is 6.30. The molecule has 28 heavy (non-hydrogen) atoms. The molecule has 5 rings (SSSR count). The molecule has 3 aliphatic heterocycles. The predicted molar refractivity (Wildman–Crippen MR) is 111 cm³/mol. The van der Waals surface area contributed by atoms with Crippen molar-refractivity contribution in [1.29, 1.82) is 0 Å². The van der Waals surface area contributed by atoms with Gasteiger partial charge >= 0.3 is 6.03 Å². The van der Waals surface area contributed by atoms with E-state index in [1.807, 2.05) is 22.7 Å². The molecular formula is C21H26N4O2S. The van der Waals surface area contributed by atoms with Crippen LogP contribution in [0.4, 0.5) is 4.79 Å². The number of nitrogens with zero attached hydrogens (tertiary/aromatic N) is 1. The number of hydrogen-bond acceptors (Lipinski definition) is 3. The first kappa shape index (κ1) is 17.9. The summed E-state index contributed by atoms with van der Waals surface area (Å²) >= 11 is 1.94. The number of rotatable bonds is 5. The van der Waals surface area contributed by atoms with Gasteiger partial charge in [0.2, 0.25) is 5.91 Å². The summed E-state index contributed by atoms with van der Waals surface area (Å²) < 4.78 is 0. The lowest BCUT2D eigenvalue weighted by Gasteiger charge is -2.27. The van der Waals surface area contributed by atoms with Crippen LogP contribution in [0, 0.1) is 0 Å². The second-order valence-electron chi connectivity index (χ2n) is 8.06. The second kappa shape index (κ2) is 7.35. The van der Waals surface area contributed by atoms with Gasteiger partial charge in [-0.2, -0.15) is 11.8 Å². The minimum Gasteiger partial charge on any atom is -0.357 e. The number of hydrogen-bond donors (Lipinski definition) is 3. The van der Waals surface area contributed by atoms with Crippen LogP contribution in [0.15, 0.2) is 24.3 Å². The number of carbonyl (C=O) groups excluding carboxylic acids is 2. The number of H-pyrrole nitrogens is 1. The molecule has 0 bridgehead atoms. The van der Waals surface area contributed by atoms with E-state index in [1.165, 1.54) is 22.2 Å². The number of aromatic amines is 1. The first-order chi connectivity index (χ1) is 13.7. The van der Waals surface area contributed by atoms with Crippen molar-refractivity contribution in [2.45, 2.75) is 56.0 Å². The van der Waals surface area contributed by atoms with Gasteiger partial charge < -0.3 is 20.5 Å². The summed E-state index contributed by atoms with van der Waals surface area (Å²) in [4.78, 5) is 29.6. The number of benzene rings is 1. The molecule has 3 amide bonds. The molecule has 2 saturated heterocycles. The zero-order chi connectivity index (χ0) is 19.1. The lowest BCUT2D eigenvalue weighted by molar-refractivity contribution is -0.132. The van der Waals surface area contributed by atoms with E-state index < -0.39 is 0 Å². The van der Waals surface area contributed by atoms with Gasteiger partial charge in [-0.15, -0.1) is 0 Å². The molecule has 3 unspecified atom stereocenters. The van der Waals surface area contributed by atoms with Crippen LogP contribution in [0.3, 0.4) is 0 Å². The standard InChI is InChI=1S/C21H26N4O2S/c26-19(8-4-3-7-18-20-17(12-28-18)23-21(27)24-20)25-10-9-14-13-5-1-2-6-15(13)22-16(14)11-25/h1-2,5-6,17-18,20,22H,3-4,7-12H2,(H2,23,24,27). The predicted octanol–water partition coefficient (Wildman–Crippen LogP) is 2.78. The van der Waals surface area contributed by atoms with Crippen molar-refractivity contribution in [3.8, 4) is 0 Å². The quantitative estimate of drug-likeness (QED) is 0.535. The van der Waals surface area contributed by atoms with E-state index in [4.69, 9.17) is 0 Å². The molecule has 3 atom stereocenters. The van der Waals surface area contributed by atoms with E-state index >= 15 is 0 Å². The number of unbranched alkanes of at least 4 members (excludes halogenated alkanes) is 1. The zero-order valence-electron chi connectivity index (χ0n) is 15.9. The van der Waals surface area contributed by atoms with E-state index in [1.54, 1.807) is 0 Å². The fourth-order valence-electron chi connectivity index (χ4n) is 4.83. The number of nitrogens with one attached hydrogen (secondary N) is 3. The smallest absolute Gasteiger partial charge is 0.315 e. The molecule has 4 heterocycles. The third-order valence-corrected chi connectivity index (χ3v) is 7.81. The Labute approximate surface area is 168 Å². The van der Waals surface area contributed by atoms with Gasteiger partial charge in [-0.25, -0.2) is 4.79 Å². The van der Waals surface area contributed by atoms with Gasteiger partial charge in [0.05, 0.1) is 18.6 Å². The first-order valence-corrected chi connectivity index (χ1v) is 11.3. The molecular weight excluding hydrogens is 372 g/mol. The zero-order valence-corrected chi connectivity index (χ0v) is 16.7. The molecule has 6 nitrogen and oxygen atoms in total. The van der Waals surface area contributed by atoms with Crippen molar-refractivity contribution in [1.82, 2.24) is 20.5 Å². The van der Waals surface area contributed by atoms with Gasteiger partial charge in [0, 0.05) is 40.6 Å². The minimum atomic E-state index is -0.0306. The lowest BCUT2D eigenvalue weighted by Crippen LogP contribution is -2.37. The highest BCUT2D eigenvalue weighted by atomic mass is 32.2. The molecule has 0 radical (unpaired) electrons. The van der Waals surface area contributed by atoms with Crippen LogP contribution in [0.2, 0.25) is 0 Å². The highest BCUT2D eigenvalue weighted by Gasteiger charge is 2.42. The normalized spacial score (nSPS) is 26.1. The Balaban J connectivity index is 1.10. The van der Waals surface area contributed by atoms with E-state index in [9.17, 15) is 9.59 Å². The summed E-state index contributed by atoms with van der Waals surface area (Å²) in [6.07, 6.45) is 4.57. The summed E-state index contributed by atoms with van der Waals surface area (Å²) in [5, 5.41) is 7.79. The molecule has 3 N–H and O–H groups in total. The monoisotopic (exact) mass is 398 g/mol. The van der Waals surface area contributed by atoms with Crippen LogP contribution in [0.5, 0.6) is 0 Å². The van der Waals surface area contributed by atoms with Crippen LogP contribution >= 0.6 is 11.8 Å². The number of aromatic nitrogens is 1. The Bertz CT molecular complexity index is 911.